The molecule has 8 heteroatoms. The highest BCUT2D eigenvalue weighted by molar-refractivity contribution is 7.80. The average Bonchev–Trinajstić information content (AvgIpc) is 3.26. The molecule has 0 saturated heterocycles. The van der Waals surface area contributed by atoms with Crippen molar-refractivity contribution in [3.8, 4) is 10.4 Å². The van der Waals surface area contributed by atoms with Gasteiger partial charge in [0.05, 0.1) is 24.4 Å². The molecule has 29 heavy (non-hydrogen) atoms. The molecular formula is C21H24N4O2S2. The number of nitrogens with one attached hydrogen (secondary N) is 2. The van der Waals surface area contributed by atoms with Crippen LogP contribution >= 0.6 is 23.6 Å². The first-order valence-corrected chi connectivity index (χ1v) is 10.6. The van der Waals surface area contributed by atoms with Crippen LogP contribution in [0.25, 0.3) is 10.4 Å². The summed E-state index contributed by atoms with van der Waals surface area (Å²) in [5.74, 6) is -0.368. The minimum atomic E-state index is -0.368. The monoisotopic (exact) mass is 428 g/mol. The summed E-state index contributed by atoms with van der Waals surface area (Å²) in [4.78, 5) is 13.4. The predicted octanol–water partition coefficient (Wildman–Crippen LogP) is 4.68. The van der Waals surface area contributed by atoms with E-state index in [4.69, 9.17) is 17.0 Å². The first kappa shape index (κ1) is 21.0. The highest BCUT2D eigenvalue weighted by Crippen LogP contribution is 2.36. The number of aryl methyl sites for hydroxylation is 1. The molecule has 0 amide bonds. The van der Waals surface area contributed by atoms with Gasteiger partial charge in [0.15, 0.2) is 5.11 Å². The fraction of sp³-hybridized carbons (Fsp3) is 0.286. The van der Waals surface area contributed by atoms with E-state index in [0.29, 0.717) is 22.3 Å². The lowest BCUT2D eigenvalue weighted by Gasteiger charge is -2.17. The van der Waals surface area contributed by atoms with Crippen molar-refractivity contribution in [2.45, 2.75) is 26.8 Å². The topological polar surface area (TPSA) is 68.2 Å². The maximum absolute atomic E-state index is 12.5. The maximum atomic E-state index is 12.5. The number of thiocarbonyl (C=S) groups is 1. The number of benzene rings is 1. The molecule has 0 radical (unpaired) electrons. The molecule has 0 saturated carbocycles. The van der Waals surface area contributed by atoms with Gasteiger partial charge in [-0.15, -0.1) is 11.3 Å². The number of hydrogen-bond acceptors (Lipinski definition) is 5. The zero-order chi connectivity index (χ0) is 21.0. The Morgan fingerprint density at radius 2 is 2.07 bits per heavy atom. The van der Waals surface area contributed by atoms with Gasteiger partial charge < -0.3 is 15.4 Å². The summed E-state index contributed by atoms with van der Waals surface area (Å²) in [6.45, 7) is 6.14. The Morgan fingerprint density at radius 1 is 1.34 bits per heavy atom. The second kappa shape index (κ2) is 9.19. The summed E-state index contributed by atoms with van der Waals surface area (Å²) in [5, 5.41) is 11.8. The van der Waals surface area contributed by atoms with E-state index in [-0.39, 0.29) is 12.0 Å². The van der Waals surface area contributed by atoms with Crippen LogP contribution in [-0.4, -0.2) is 27.5 Å². The van der Waals surface area contributed by atoms with Crippen LogP contribution in [0.4, 0.5) is 5.00 Å². The minimum Gasteiger partial charge on any atom is -0.462 e. The summed E-state index contributed by atoms with van der Waals surface area (Å²) >= 11 is 6.97. The molecule has 0 fully saturated rings. The number of carbonyl (C=O) groups is 1. The van der Waals surface area contributed by atoms with E-state index in [0.717, 1.165) is 21.7 Å². The van der Waals surface area contributed by atoms with Gasteiger partial charge in [0.25, 0.3) is 0 Å². The Hall–Kier alpha value is -2.71. The van der Waals surface area contributed by atoms with Gasteiger partial charge in [-0.25, -0.2) is 4.79 Å². The number of rotatable bonds is 6. The summed E-state index contributed by atoms with van der Waals surface area (Å²) in [5.41, 5.74) is 3.65. The molecule has 1 atom stereocenters. The number of hydrogen-bond donors (Lipinski definition) is 2. The number of anilines is 1. The van der Waals surface area contributed by atoms with E-state index in [1.807, 2.05) is 68.2 Å². The molecule has 0 spiro atoms. The molecule has 152 valence electrons. The molecule has 0 aliphatic heterocycles. The molecule has 2 aromatic heterocycles. The van der Waals surface area contributed by atoms with Crippen molar-refractivity contribution in [2.24, 2.45) is 7.05 Å². The molecule has 2 N–H and O–H groups in total. The molecule has 3 aromatic rings. The predicted molar refractivity (Wildman–Crippen MR) is 121 cm³/mol. The number of aromatic nitrogens is 2. The molecule has 3 rings (SSSR count). The zero-order valence-electron chi connectivity index (χ0n) is 16.9. The van der Waals surface area contributed by atoms with Crippen LogP contribution in [0, 0.1) is 6.92 Å². The van der Waals surface area contributed by atoms with Crippen molar-refractivity contribution in [3.63, 3.8) is 0 Å². The zero-order valence-corrected chi connectivity index (χ0v) is 18.5. The van der Waals surface area contributed by atoms with Gasteiger partial charge in [0.2, 0.25) is 0 Å². The Balaban J connectivity index is 1.81. The second-order valence-electron chi connectivity index (χ2n) is 6.57. The van der Waals surface area contributed by atoms with Gasteiger partial charge in [-0.05, 0) is 44.6 Å². The number of carbonyl (C=O) groups excluding carboxylic acids is 1. The molecule has 1 aromatic carbocycles. The SMILES string of the molecule is CCOC(=O)c1cc(-c2ccccc2)sc1NC(=S)NC(C)c1cnn(C)c1C. The Labute approximate surface area is 179 Å². The molecular weight excluding hydrogens is 404 g/mol. The average molecular weight is 429 g/mol. The summed E-state index contributed by atoms with van der Waals surface area (Å²) in [6.07, 6.45) is 1.83. The largest absolute Gasteiger partial charge is 0.462 e. The number of ether oxygens (including phenoxy) is 1. The van der Waals surface area contributed by atoms with Gasteiger partial charge in [0.1, 0.15) is 5.00 Å². The normalized spacial score (nSPS) is 11.7. The Morgan fingerprint density at radius 3 is 2.69 bits per heavy atom. The highest BCUT2D eigenvalue weighted by atomic mass is 32.1. The van der Waals surface area contributed by atoms with Crippen molar-refractivity contribution >= 4 is 39.6 Å². The van der Waals surface area contributed by atoms with Crippen LogP contribution < -0.4 is 10.6 Å². The number of thiophene rings is 1. The van der Waals surface area contributed by atoms with Gasteiger partial charge in [-0.2, -0.15) is 5.10 Å². The second-order valence-corrected chi connectivity index (χ2v) is 8.03. The van der Waals surface area contributed by atoms with Gasteiger partial charge in [-0.1, -0.05) is 30.3 Å². The number of nitrogens with zero attached hydrogens (tertiary/aromatic N) is 2. The maximum Gasteiger partial charge on any atom is 0.341 e. The first-order valence-electron chi connectivity index (χ1n) is 9.33. The summed E-state index contributed by atoms with van der Waals surface area (Å²) in [7, 11) is 1.91. The van der Waals surface area contributed by atoms with Crippen LogP contribution in [-0.2, 0) is 11.8 Å². The fourth-order valence-corrected chi connectivity index (χ4v) is 4.34. The van der Waals surface area contributed by atoms with Crippen molar-refractivity contribution in [2.75, 3.05) is 11.9 Å². The molecule has 1 unspecified atom stereocenters. The van der Waals surface area contributed by atoms with E-state index in [1.54, 1.807) is 6.92 Å². The van der Waals surface area contributed by atoms with Crippen LogP contribution in [0.1, 0.15) is 41.5 Å². The molecule has 2 heterocycles. The van der Waals surface area contributed by atoms with Crippen molar-refractivity contribution in [3.05, 3.63) is 59.4 Å². The first-order chi connectivity index (χ1) is 13.9. The van der Waals surface area contributed by atoms with Crippen molar-refractivity contribution < 1.29 is 9.53 Å². The lowest BCUT2D eigenvalue weighted by atomic mass is 10.1. The van der Waals surface area contributed by atoms with Crippen molar-refractivity contribution in [1.29, 1.82) is 0 Å². The molecule has 0 bridgehead atoms. The van der Waals surface area contributed by atoms with Crippen LogP contribution in [0.3, 0.4) is 0 Å². The smallest absolute Gasteiger partial charge is 0.341 e. The molecule has 0 aliphatic rings. The van der Waals surface area contributed by atoms with E-state index in [1.165, 1.54) is 11.3 Å². The van der Waals surface area contributed by atoms with E-state index in [2.05, 4.69) is 15.7 Å². The summed E-state index contributed by atoms with van der Waals surface area (Å²) in [6, 6.07) is 11.7. The third-order valence-corrected chi connectivity index (χ3v) is 5.92. The quantitative estimate of drug-likeness (QED) is 0.439. The standard InChI is InChI=1S/C21H24N4O2S2/c1-5-27-20(26)16-11-18(15-9-7-6-8-10-15)29-19(16)24-21(28)23-13(2)17-12-22-25(4)14(17)3/h6-13H,5H2,1-4H3,(H2,23,24,28). The van der Waals surface area contributed by atoms with Gasteiger partial charge in [0, 0.05) is 23.2 Å². The van der Waals surface area contributed by atoms with Crippen LogP contribution in [0.5, 0.6) is 0 Å². The molecule has 0 aliphatic carbocycles. The highest BCUT2D eigenvalue weighted by Gasteiger charge is 2.20. The minimum absolute atomic E-state index is 0.0247. The third kappa shape index (κ3) is 4.83. The van der Waals surface area contributed by atoms with E-state index < -0.39 is 0 Å². The lowest BCUT2D eigenvalue weighted by molar-refractivity contribution is 0.0528. The Bertz CT molecular complexity index is 1010. The Kier molecular flexibility index (Phi) is 6.66. The van der Waals surface area contributed by atoms with Crippen LogP contribution in [0.15, 0.2) is 42.6 Å². The fourth-order valence-electron chi connectivity index (χ4n) is 2.94. The van der Waals surface area contributed by atoms with E-state index >= 15 is 0 Å². The number of esters is 1. The molecule has 6 nitrogen and oxygen atoms in total. The van der Waals surface area contributed by atoms with Gasteiger partial charge in [-0.3, -0.25) is 4.68 Å². The van der Waals surface area contributed by atoms with Crippen molar-refractivity contribution in [1.82, 2.24) is 15.1 Å². The van der Waals surface area contributed by atoms with Crippen LogP contribution in [0.2, 0.25) is 0 Å². The van der Waals surface area contributed by atoms with Gasteiger partial charge >= 0.3 is 5.97 Å². The summed E-state index contributed by atoms with van der Waals surface area (Å²) < 4.78 is 7.05. The third-order valence-electron chi connectivity index (χ3n) is 4.60. The van der Waals surface area contributed by atoms with E-state index in [9.17, 15) is 4.79 Å². The lowest BCUT2D eigenvalue weighted by Crippen LogP contribution is -2.31.